The molecule has 14 heavy (non-hydrogen) atoms. The largest absolute Gasteiger partial charge is 0.328 e. The molecule has 84 valence electrons. The van der Waals surface area contributed by atoms with Crippen LogP contribution in [0.15, 0.2) is 0 Å². The second-order valence-corrected chi connectivity index (χ2v) is 5.00. The average Bonchev–Trinajstić information content (AvgIpc) is 2.38. The van der Waals surface area contributed by atoms with Gasteiger partial charge in [-0.1, -0.05) is 58.3 Å². The molecule has 0 saturated heterocycles. The number of rotatable bonds is 5. The zero-order valence-electron chi connectivity index (χ0n) is 9.80. The van der Waals surface area contributed by atoms with Crippen LogP contribution in [0.3, 0.4) is 0 Å². The summed E-state index contributed by atoms with van der Waals surface area (Å²) in [6.45, 7) is 2.28. The molecule has 0 heterocycles. The lowest BCUT2D eigenvalue weighted by molar-refractivity contribution is 0.388. The van der Waals surface area contributed by atoms with Crippen molar-refractivity contribution in [3.05, 3.63) is 0 Å². The van der Waals surface area contributed by atoms with Crippen molar-refractivity contribution in [2.24, 2.45) is 11.7 Å². The third kappa shape index (κ3) is 4.99. The fourth-order valence-corrected chi connectivity index (χ4v) is 2.63. The van der Waals surface area contributed by atoms with E-state index in [1.165, 1.54) is 64.2 Å². The van der Waals surface area contributed by atoms with Crippen molar-refractivity contribution < 1.29 is 0 Å². The van der Waals surface area contributed by atoms with E-state index in [0.717, 1.165) is 5.92 Å². The summed E-state index contributed by atoms with van der Waals surface area (Å²) in [5.41, 5.74) is 6.06. The maximum absolute atomic E-state index is 6.06. The molecule has 1 saturated carbocycles. The maximum atomic E-state index is 6.06. The lowest BCUT2D eigenvalue weighted by Crippen LogP contribution is -2.21. The van der Waals surface area contributed by atoms with Crippen molar-refractivity contribution in [2.75, 3.05) is 0 Å². The molecule has 0 amide bonds. The second kappa shape index (κ2) is 7.28. The van der Waals surface area contributed by atoms with E-state index >= 15 is 0 Å². The van der Waals surface area contributed by atoms with Gasteiger partial charge in [-0.2, -0.15) is 0 Å². The first-order chi connectivity index (χ1) is 6.83. The summed E-state index contributed by atoms with van der Waals surface area (Å²) in [7, 11) is 0. The van der Waals surface area contributed by atoms with Gasteiger partial charge in [0.1, 0.15) is 0 Å². The van der Waals surface area contributed by atoms with Crippen molar-refractivity contribution >= 4 is 0 Å². The van der Waals surface area contributed by atoms with Gasteiger partial charge in [0.25, 0.3) is 0 Å². The van der Waals surface area contributed by atoms with E-state index < -0.39 is 0 Å². The normalized spacial score (nSPS) is 28.7. The Morgan fingerprint density at radius 1 is 1.07 bits per heavy atom. The van der Waals surface area contributed by atoms with E-state index in [1.807, 2.05) is 0 Å². The van der Waals surface area contributed by atoms with Gasteiger partial charge in [0.05, 0.1) is 0 Å². The van der Waals surface area contributed by atoms with Gasteiger partial charge in [0, 0.05) is 6.04 Å². The van der Waals surface area contributed by atoms with Crippen molar-refractivity contribution in [3.8, 4) is 0 Å². The summed E-state index contributed by atoms with van der Waals surface area (Å²) in [4.78, 5) is 0. The monoisotopic (exact) mass is 197 g/mol. The van der Waals surface area contributed by atoms with Crippen LogP contribution in [-0.2, 0) is 0 Å². The summed E-state index contributed by atoms with van der Waals surface area (Å²) in [5.74, 6) is 0.948. The third-order valence-electron chi connectivity index (χ3n) is 3.54. The highest BCUT2D eigenvalue weighted by Gasteiger charge is 2.16. The van der Waals surface area contributed by atoms with Crippen LogP contribution in [0.5, 0.6) is 0 Å². The molecular weight excluding hydrogens is 170 g/mol. The number of unbranched alkanes of at least 4 members (excludes halogenated alkanes) is 3. The number of nitrogens with two attached hydrogens (primary N) is 1. The second-order valence-electron chi connectivity index (χ2n) is 5.00. The van der Waals surface area contributed by atoms with Crippen LogP contribution in [-0.4, -0.2) is 6.04 Å². The highest BCUT2D eigenvalue weighted by Crippen LogP contribution is 2.26. The molecule has 0 aromatic rings. The fraction of sp³-hybridized carbons (Fsp3) is 1.00. The number of hydrogen-bond donors (Lipinski definition) is 1. The molecule has 1 aliphatic carbocycles. The van der Waals surface area contributed by atoms with Crippen molar-refractivity contribution in [2.45, 2.75) is 77.2 Å². The molecule has 2 atom stereocenters. The minimum atomic E-state index is 0.508. The minimum Gasteiger partial charge on any atom is -0.328 e. The molecule has 0 spiro atoms. The molecule has 0 aliphatic heterocycles. The Hall–Kier alpha value is -0.0400. The van der Waals surface area contributed by atoms with Gasteiger partial charge in [0.2, 0.25) is 0 Å². The Balaban J connectivity index is 2.09. The van der Waals surface area contributed by atoms with Gasteiger partial charge < -0.3 is 5.73 Å². The van der Waals surface area contributed by atoms with Crippen LogP contribution >= 0.6 is 0 Å². The molecule has 0 bridgehead atoms. The van der Waals surface area contributed by atoms with Gasteiger partial charge in [-0.25, -0.2) is 0 Å². The van der Waals surface area contributed by atoms with E-state index in [2.05, 4.69) is 6.92 Å². The molecule has 0 radical (unpaired) electrons. The van der Waals surface area contributed by atoms with Crippen molar-refractivity contribution in [1.29, 1.82) is 0 Å². The summed E-state index contributed by atoms with van der Waals surface area (Å²) in [6.07, 6.45) is 13.9. The summed E-state index contributed by atoms with van der Waals surface area (Å²) < 4.78 is 0. The standard InChI is InChI=1S/C13H27N/c1-2-3-4-5-8-12-9-6-7-10-13(14)11-12/h12-13H,2-11,14H2,1H3. The first kappa shape index (κ1) is 12.0. The predicted molar refractivity (Wildman–Crippen MR) is 63.3 cm³/mol. The Bertz CT molecular complexity index is 133. The molecule has 1 fully saturated rings. The quantitative estimate of drug-likeness (QED) is 0.525. The lowest BCUT2D eigenvalue weighted by Gasteiger charge is -2.16. The molecule has 0 aromatic heterocycles. The zero-order valence-corrected chi connectivity index (χ0v) is 9.80. The minimum absolute atomic E-state index is 0.508. The van der Waals surface area contributed by atoms with E-state index in [9.17, 15) is 0 Å². The molecule has 2 unspecified atom stereocenters. The van der Waals surface area contributed by atoms with Crippen molar-refractivity contribution in [1.82, 2.24) is 0 Å². The first-order valence-electron chi connectivity index (χ1n) is 6.58. The van der Waals surface area contributed by atoms with Crippen LogP contribution in [0.25, 0.3) is 0 Å². The van der Waals surface area contributed by atoms with Crippen LogP contribution in [0.1, 0.15) is 71.1 Å². The molecule has 1 rings (SSSR count). The van der Waals surface area contributed by atoms with Crippen LogP contribution in [0.2, 0.25) is 0 Å². The molecule has 1 aliphatic rings. The van der Waals surface area contributed by atoms with Gasteiger partial charge in [-0.15, -0.1) is 0 Å². The zero-order chi connectivity index (χ0) is 10.2. The first-order valence-corrected chi connectivity index (χ1v) is 6.58. The van der Waals surface area contributed by atoms with Crippen LogP contribution in [0, 0.1) is 5.92 Å². The summed E-state index contributed by atoms with van der Waals surface area (Å²) in [5, 5.41) is 0. The van der Waals surface area contributed by atoms with E-state index in [1.54, 1.807) is 0 Å². The van der Waals surface area contributed by atoms with Gasteiger partial charge in [-0.05, 0) is 18.8 Å². The summed E-state index contributed by atoms with van der Waals surface area (Å²) in [6, 6.07) is 0.508. The van der Waals surface area contributed by atoms with Crippen LogP contribution in [0.4, 0.5) is 0 Å². The Kier molecular flexibility index (Phi) is 6.25. The molecule has 2 N–H and O–H groups in total. The fourth-order valence-electron chi connectivity index (χ4n) is 2.63. The van der Waals surface area contributed by atoms with Gasteiger partial charge in [-0.3, -0.25) is 0 Å². The lowest BCUT2D eigenvalue weighted by atomic mass is 9.92. The van der Waals surface area contributed by atoms with E-state index in [4.69, 9.17) is 5.73 Å². The molecule has 0 aromatic carbocycles. The summed E-state index contributed by atoms with van der Waals surface area (Å²) >= 11 is 0. The molecular formula is C13H27N. The van der Waals surface area contributed by atoms with Gasteiger partial charge >= 0.3 is 0 Å². The Morgan fingerprint density at radius 2 is 1.86 bits per heavy atom. The van der Waals surface area contributed by atoms with Crippen molar-refractivity contribution in [3.63, 3.8) is 0 Å². The van der Waals surface area contributed by atoms with Crippen LogP contribution < -0.4 is 5.73 Å². The SMILES string of the molecule is CCCCCCC1CCCCC(N)C1. The topological polar surface area (TPSA) is 26.0 Å². The maximum Gasteiger partial charge on any atom is 0.00414 e. The smallest absolute Gasteiger partial charge is 0.00414 e. The third-order valence-corrected chi connectivity index (χ3v) is 3.54. The van der Waals surface area contributed by atoms with E-state index in [0.29, 0.717) is 6.04 Å². The molecule has 1 nitrogen and oxygen atoms in total. The predicted octanol–water partition coefficient (Wildman–Crippen LogP) is 3.86. The average molecular weight is 197 g/mol. The Morgan fingerprint density at radius 3 is 2.64 bits per heavy atom. The van der Waals surface area contributed by atoms with Gasteiger partial charge in [0.15, 0.2) is 0 Å². The molecule has 1 heteroatoms. The highest BCUT2D eigenvalue weighted by atomic mass is 14.6. The van der Waals surface area contributed by atoms with E-state index in [-0.39, 0.29) is 0 Å². The highest BCUT2D eigenvalue weighted by molar-refractivity contribution is 4.73. The number of hydrogen-bond acceptors (Lipinski definition) is 1. The Labute approximate surface area is 89.5 Å².